The summed E-state index contributed by atoms with van der Waals surface area (Å²) in [4.78, 5) is 52.6. The number of nitrogens with zero attached hydrogens (tertiary/aromatic N) is 1. The minimum atomic E-state index is -2.19. The van der Waals surface area contributed by atoms with Crippen LogP contribution in [0.25, 0.3) is 0 Å². The van der Waals surface area contributed by atoms with Gasteiger partial charge >= 0.3 is 6.09 Å². The first-order valence-corrected chi connectivity index (χ1v) is 24.1. The van der Waals surface area contributed by atoms with Crippen molar-refractivity contribution in [2.75, 3.05) is 19.6 Å². The molecule has 1 aromatic carbocycles. The minimum Gasteiger partial charge on any atom is -0.445 e. The maximum atomic E-state index is 13.9. The molecule has 1 aromatic rings. The van der Waals surface area contributed by atoms with Gasteiger partial charge in [0.1, 0.15) is 31.5 Å². The second kappa shape index (κ2) is 33.5. The van der Waals surface area contributed by atoms with Gasteiger partial charge in [-0.15, -0.1) is 0 Å². The topological polar surface area (TPSA) is 201 Å². The van der Waals surface area contributed by atoms with Crippen LogP contribution in [0.2, 0.25) is 0 Å². The van der Waals surface area contributed by atoms with Crippen molar-refractivity contribution >= 4 is 23.7 Å². The number of carbonyl (C=O) groups excluding carboxylic acids is 4. The van der Waals surface area contributed by atoms with Crippen LogP contribution in [0.5, 0.6) is 0 Å². The highest BCUT2D eigenvalue weighted by Gasteiger charge is 2.55. The molecule has 350 valence electrons. The Kier molecular flexibility index (Phi) is 29.6. The van der Waals surface area contributed by atoms with Crippen molar-refractivity contribution in [3.8, 4) is 0 Å². The first-order chi connectivity index (χ1) is 29.5. The number of hydrogen-bond donors (Lipinski definition) is 6. The standard InChI is InChI=1S/C48H84N4O9/c1-3-5-7-9-11-13-15-16-17-18-19-20-22-24-29-33-43(55)52(34-30-25-23-21-14-12-10-8-6-4-2)48(49)46(58)45(57)44(56)41(61-48)35-40(53)36-50-42(54)37-51-47(59)60-38-39-31-27-26-28-32-39/h26-28,31-32,41,44-46,56-58H,3-25,29-30,33-38,49H2,1-2H3,(H,50,54)(H,51,59)/t41-,44+,45+,46-,48+/m1/s1. The monoisotopic (exact) mass is 861 g/mol. The lowest BCUT2D eigenvalue weighted by molar-refractivity contribution is -0.308. The van der Waals surface area contributed by atoms with E-state index in [4.69, 9.17) is 15.2 Å². The summed E-state index contributed by atoms with van der Waals surface area (Å²) in [6.45, 7) is 3.78. The van der Waals surface area contributed by atoms with Crippen LogP contribution in [0.3, 0.4) is 0 Å². The number of nitrogens with one attached hydrogen (secondary N) is 2. The summed E-state index contributed by atoms with van der Waals surface area (Å²) in [5.41, 5.74) is 7.51. The number of carbonyl (C=O) groups is 4. The predicted molar refractivity (Wildman–Crippen MR) is 240 cm³/mol. The zero-order valence-electron chi connectivity index (χ0n) is 37.9. The summed E-state index contributed by atoms with van der Waals surface area (Å²) >= 11 is 0. The van der Waals surface area contributed by atoms with E-state index in [1.807, 2.05) is 18.2 Å². The molecule has 1 fully saturated rings. The Hall–Kier alpha value is -3.10. The first kappa shape index (κ1) is 54.0. The molecule has 1 saturated heterocycles. The molecule has 1 aliphatic heterocycles. The van der Waals surface area contributed by atoms with Crippen molar-refractivity contribution in [1.29, 1.82) is 0 Å². The molecule has 0 spiro atoms. The Balaban J connectivity index is 1.88. The van der Waals surface area contributed by atoms with Gasteiger partial charge in [0.15, 0.2) is 5.78 Å². The van der Waals surface area contributed by atoms with E-state index in [1.165, 1.54) is 108 Å². The number of nitrogens with two attached hydrogens (primary N) is 1. The quantitative estimate of drug-likeness (QED) is 0.0283. The second-order valence-corrected chi connectivity index (χ2v) is 17.2. The van der Waals surface area contributed by atoms with Crippen LogP contribution in [-0.2, 0) is 30.5 Å². The van der Waals surface area contributed by atoms with E-state index in [2.05, 4.69) is 24.5 Å². The summed E-state index contributed by atoms with van der Waals surface area (Å²) in [5.74, 6) is -3.71. The van der Waals surface area contributed by atoms with Crippen LogP contribution in [0.15, 0.2) is 30.3 Å². The van der Waals surface area contributed by atoms with Gasteiger partial charge in [-0.05, 0) is 18.4 Å². The largest absolute Gasteiger partial charge is 0.445 e. The van der Waals surface area contributed by atoms with Gasteiger partial charge in [0.2, 0.25) is 17.7 Å². The van der Waals surface area contributed by atoms with E-state index in [9.17, 15) is 34.5 Å². The first-order valence-electron chi connectivity index (χ1n) is 24.1. The molecule has 5 atom stereocenters. The van der Waals surface area contributed by atoms with Crippen LogP contribution in [0.4, 0.5) is 4.79 Å². The van der Waals surface area contributed by atoms with Gasteiger partial charge in [-0.1, -0.05) is 192 Å². The normalized spacial score (nSPS) is 20.0. The molecule has 0 unspecified atom stereocenters. The fraction of sp³-hybridized carbons (Fsp3) is 0.792. The smallest absolute Gasteiger partial charge is 0.407 e. The van der Waals surface area contributed by atoms with Crippen LogP contribution in [0, 0.1) is 0 Å². The number of ether oxygens (including phenoxy) is 2. The molecule has 0 aliphatic carbocycles. The minimum absolute atomic E-state index is 0.0292. The molecule has 1 aliphatic rings. The summed E-state index contributed by atoms with van der Waals surface area (Å²) in [6, 6.07) is 9.05. The molecule has 13 nitrogen and oxygen atoms in total. The number of alkyl carbamates (subject to hydrolysis) is 1. The van der Waals surface area contributed by atoms with Gasteiger partial charge in [-0.2, -0.15) is 0 Å². The fourth-order valence-corrected chi connectivity index (χ4v) is 7.94. The van der Waals surface area contributed by atoms with Gasteiger partial charge < -0.3 is 35.4 Å². The average Bonchev–Trinajstić information content (AvgIpc) is 3.26. The van der Waals surface area contributed by atoms with E-state index in [0.29, 0.717) is 12.8 Å². The van der Waals surface area contributed by atoms with Crippen LogP contribution >= 0.6 is 0 Å². The van der Waals surface area contributed by atoms with E-state index in [0.717, 1.165) is 50.5 Å². The molecule has 0 bridgehead atoms. The zero-order valence-corrected chi connectivity index (χ0v) is 37.9. The molecule has 2 rings (SSSR count). The third kappa shape index (κ3) is 23.2. The van der Waals surface area contributed by atoms with E-state index in [1.54, 1.807) is 12.1 Å². The van der Waals surface area contributed by atoms with Crippen molar-refractivity contribution in [3.05, 3.63) is 35.9 Å². The number of ketones is 1. The molecule has 0 aromatic heterocycles. The Morgan fingerprint density at radius 3 is 1.64 bits per heavy atom. The predicted octanol–water partition coefficient (Wildman–Crippen LogP) is 8.09. The highest BCUT2D eigenvalue weighted by atomic mass is 16.6. The molecule has 61 heavy (non-hydrogen) atoms. The number of benzene rings is 1. The maximum absolute atomic E-state index is 13.9. The average molecular weight is 861 g/mol. The van der Waals surface area contributed by atoms with Crippen LogP contribution in [0.1, 0.15) is 193 Å². The Morgan fingerprint density at radius 2 is 1.13 bits per heavy atom. The number of Topliss-reactive ketones (excluding diaryl/α,β-unsaturated/α-hetero) is 1. The van der Waals surface area contributed by atoms with Crippen molar-refractivity contribution in [2.45, 2.75) is 224 Å². The molecule has 1 heterocycles. The Morgan fingerprint density at radius 1 is 0.656 bits per heavy atom. The van der Waals surface area contributed by atoms with Gasteiger partial charge in [-0.3, -0.25) is 25.0 Å². The highest BCUT2D eigenvalue weighted by molar-refractivity contribution is 5.88. The fourth-order valence-electron chi connectivity index (χ4n) is 7.94. The van der Waals surface area contributed by atoms with Crippen molar-refractivity contribution in [2.24, 2.45) is 5.73 Å². The van der Waals surface area contributed by atoms with Gasteiger partial charge in [0, 0.05) is 19.4 Å². The van der Waals surface area contributed by atoms with Crippen LogP contribution < -0.4 is 16.4 Å². The van der Waals surface area contributed by atoms with Crippen molar-refractivity contribution in [1.82, 2.24) is 15.5 Å². The van der Waals surface area contributed by atoms with E-state index in [-0.39, 0.29) is 25.5 Å². The third-order valence-corrected chi connectivity index (χ3v) is 11.8. The molecule has 7 N–H and O–H groups in total. The molecule has 3 amide bonds. The van der Waals surface area contributed by atoms with E-state index < -0.39 is 67.6 Å². The SMILES string of the molecule is CCCCCCCCCCCCCCCCCC(=O)N(CCCCCCCCCCCC)[C@]1(N)O[C@H](CC(=O)CNC(=O)CNC(=O)OCc2ccccc2)[C@H](O)[C@H](O)[C@H]1O. The molecule has 0 radical (unpaired) electrons. The van der Waals surface area contributed by atoms with Crippen molar-refractivity contribution in [3.63, 3.8) is 0 Å². The number of rotatable bonds is 36. The van der Waals surface area contributed by atoms with Gasteiger partial charge in [-0.25, -0.2) is 4.79 Å². The second-order valence-electron chi connectivity index (χ2n) is 17.2. The van der Waals surface area contributed by atoms with Gasteiger partial charge in [0.25, 0.3) is 0 Å². The van der Waals surface area contributed by atoms with Crippen molar-refractivity contribution < 1.29 is 44.0 Å². The number of aliphatic hydroxyl groups is 3. The number of unbranched alkanes of at least 4 members (excludes halogenated alkanes) is 23. The molecule has 0 saturated carbocycles. The molecular formula is C48H84N4O9. The van der Waals surface area contributed by atoms with Gasteiger partial charge in [0.05, 0.1) is 12.6 Å². The summed E-state index contributed by atoms with van der Waals surface area (Å²) in [6.07, 6.45) is 21.2. The summed E-state index contributed by atoms with van der Waals surface area (Å²) in [5, 5.41) is 37.9. The number of hydrogen-bond acceptors (Lipinski definition) is 10. The maximum Gasteiger partial charge on any atom is 0.407 e. The highest BCUT2D eigenvalue weighted by Crippen LogP contribution is 2.32. The summed E-state index contributed by atoms with van der Waals surface area (Å²) in [7, 11) is 0. The lowest BCUT2D eigenvalue weighted by Gasteiger charge is -2.51. The Labute approximate surface area is 367 Å². The molecular weight excluding hydrogens is 777 g/mol. The number of aliphatic hydroxyl groups excluding tert-OH is 3. The van der Waals surface area contributed by atoms with Crippen LogP contribution in [-0.4, -0.2) is 93.8 Å². The lowest BCUT2D eigenvalue weighted by Crippen LogP contribution is -2.76. The Bertz CT molecular complexity index is 1320. The molecule has 13 heteroatoms. The zero-order chi connectivity index (χ0) is 44.6. The lowest BCUT2D eigenvalue weighted by atomic mass is 9.91. The number of amides is 3. The summed E-state index contributed by atoms with van der Waals surface area (Å²) < 4.78 is 11.2. The third-order valence-electron chi connectivity index (χ3n) is 11.8. The van der Waals surface area contributed by atoms with E-state index >= 15 is 0 Å².